The molecular formula is C32H39F3N4O4. The molecule has 0 saturated carbocycles. The second-order valence-corrected chi connectivity index (χ2v) is 11.7. The fraction of sp³-hybridized carbons (Fsp3) is 0.531. The van der Waals surface area contributed by atoms with Crippen LogP contribution in [0.5, 0.6) is 0 Å². The molecule has 2 atom stereocenters. The predicted octanol–water partition coefficient (Wildman–Crippen LogP) is 4.25. The second-order valence-electron chi connectivity index (χ2n) is 11.7. The highest BCUT2D eigenvalue weighted by Gasteiger charge is 2.32. The van der Waals surface area contributed by atoms with Gasteiger partial charge in [0, 0.05) is 62.0 Å². The molecular weight excluding hydrogens is 561 g/mol. The van der Waals surface area contributed by atoms with Crippen LogP contribution in [-0.4, -0.2) is 92.5 Å². The molecule has 232 valence electrons. The van der Waals surface area contributed by atoms with Crippen LogP contribution in [0.3, 0.4) is 0 Å². The van der Waals surface area contributed by atoms with Crippen molar-refractivity contribution in [3.8, 4) is 0 Å². The van der Waals surface area contributed by atoms with E-state index in [2.05, 4.69) is 15.1 Å². The van der Waals surface area contributed by atoms with Gasteiger partial charge < -0.3 is 24.8 Å². The molecule has 0 aliphatic carbocycles. The zero-order chi connectivity index (χ0) is 30.4. The standard InChI is InChI=1S/C32H39F3N4O4/c33-32(34,35)26-4-1-3-25(20-26)30(41)36-21-29(40)19-23-10-13-39(22-23)27-5-2-12-37(14-11-27)28-8-6-24(7-9-28)31(42)38-15-17-43-18-16-38/h1,3-4,6-9,20,23,27H,2,5,10-19,21-22H2,(H,36,41)/t23-,27+/m0/s1. The molecule has 3 heterocycles. The average molecular weight is 601 g/mol. The molecule has 0 aromatic heterocycles. The molecule has 2 aromatic carbocycles. The minimum atomic E-state index is -4.54. The fourth-order valence-corrected chi connectivity index (χ4v) is 6.34. The summed E-state index contributed by atoms with van der Waals surface area (Å²) >= 11 is 0. The van der Waals surface area contributed by atoms with Crippen LogP contribution in [-0.2, 0) is 15.7 Å². The van der Waals surface area contributed by atoms with Gasteiger partial charge in [0.25, 0.3) is 11.8 Å². The van der Waals surface area contributed by atoms with E-state index in [1.807, 2.05) is 29.2 Å². The Hall–Kier alpha value is -3.44. The van der Waals surface area contributed by atoms with Crippen molar-refractivity contribution in [2.75, 3.05) is 63.9 Å². The van der Waals surface area contributed by atoms with Crippen LogP contribution in [0.1, 0.15) is 58.4 Å². The number of nitrogens with zero attached hydrogens (tertiary/aromatic N) is 3. The van der Waals surface area contributed by atoms with Gasteiger partial charge in [0.05, 0.1) is 25.3 Å². The summed E-state index contributed by atoms with van der Waals surface area (Å²) in [5.41, 5.74) is 0.810. The van der Waals surface area contributed by atoms with Crippen LogP contribution in [0, 0.1) is 5.92 Å². The van der Waals surface area contributed by atoms with E-state index in [4.69, 9.17) is 4.74 Å². The molecule has 1 N–H and O–H groups in total. The minimum Gasteiger partial charge on any atom is -0.378 e. The third kappa shape index (κ3) is 8.14. The molecule has 8 nitrogen and oxygen atoms in total. The smallest absolute Gasteiger partial charge is 0.378 e. The summed E-state index contributed by atoms with van der Waals surface area (Å²) in [6, 6.07) is 12.5. The number of anilines is 1. The highest BCUT2D eigenvalue weighted by molar-refractivity contribution is 5.97. The maximum absolute atomic E-state index is 12.9. The molecule has 43 heavy (non-hydrogen) atoms. The Morgan fingerprint density at radius 2 is 1.65 bits per heavy atom. The van der Waals surface area contributed by atoms with Crippen LogP contribution < -0.4 is 10.2 Å². The summed E-state index contributed by atoms with van der Waals surface area (Å²) in [6.45, 7) is 5.85. The van der Waals surface area contributed by atoms with Crippen LogP contribution in [0.4, 0.5) is 18.9 Å². The van der Waals surface area contributed by atoms with Crippen LogP contribution >= 0.6 is 0 Å². The van der Waals surface area contributed by atoms with Crippen molar-refractivity contribution in [3.05, 3.63) is 65.2 Å². The van der Waals surface area contributed by atoms with Crippen molar-refractivity contribution in [1.29, 1.82) is 0 Å². The minimum absolute atomic E-state index is 0.0472. The lowest BCUT2D eigenvalue weighted by molar-refractivity contribution is -0.137. The van der Waals surface area contributed by atoms with Gasteiger partial charge >= 0.3 is 6.18 Å². The lowest BCUT2D eigenvalue weighted by Crippen LogP contribution is -2.40. The zero-order valence-corrected chi connectivity index (χ0v) is 24.3. The molecule has 2 aromatic rings. The molecule has 0 spiro atoms. The Bertz CT molecular complexity index is 1280. The Labute approximate surface area is 250 Å². The molecule has 2 amide bonds. The first-order valence-electron chi connectivity index (χ1n) is 15.1. The number of nitrogens with one attached hydrogen (secondary N) is 1. The van der Waals surface area contributed by atoms with E-state index in [0.717, 1.165) is 69.7 Å². The van der Waals surface area contributed by atoms with Crippen molar-refractivity contribution in [2.24, 2.45) is 5.92 Å². The lowest BCUT2D eigenvalue weighted by atomic mass is 10.0. The van der Waals surface area contributed by atoms with E-state index in [-0.39, 0.29) is 29.7 Å². The molecule has 3 fully saturated rings. The van der Waals surface area contributed by atoms with Gasteiger partial charge in [0.2, 0.25) is 0 Å². The van der Waals surface area contributed by atoms with Crippen molar-refractivity contribution in [3.63, 3.8) is 0 Å². The van der Waals surface area contributed by atoms with E-state index in [1.165, 1.54) is 12.1 Å². The van der Waals surface area contributed by atoms with Crippen molar-refractivity contribution < 1.29 is 32.3 Å². The molecule has 3 aliphatic rings. The number of benzene rings is 2. The third-order valence-corrected chi connectivity index (χ3v) is 8.72. The van der Waals surface area contributed by atoms with Gasteiger partial charge in [-0.05, 0) is 80.6 Å². The van der Waals surface area contributed by atoms with Crippen molar-refractivity contribution in [2.45, 2.75) is 44.3 Å². The Kier molecular flexibility index (Phi) is 10.0. The van der Waals surface area contributed by atoms with E-state index < -0.39 is 17.6 Å². The molecule has 0 bridgehead atoms. The number of carbonyl (C=O) groups excluding carboxylic acids is 3. The van der Waals surface area contributed by atoms with E-state index in [1.54, 1.807) is 0 Å². The Balaban J connectivity index is 1.05. The summed E-state index contributed by atoms with van der Waals surface area (Å²) in [5.74, 6) is -0.552. The molecule has 0 radical (unpaired) electrons. The van der Waals surface area contributed by atoms with E-state index >= 15 is 0 Å². The normalized spacial score (nSPS) is 21.8. The van der Waals surface area contributed by atoms with E-state index in [0.29, 0.717) is 44.3 Å². The molecule has 5 rings (SSSR count). The zero-order valence-electron chi connectivity index (χ0n) is 24.3. The number of halogens is 3. The fourth-order valence-electron chi connectivity index (χ4n) is 6.34. The maximum Gasteiger partial charge on any atom is 0.416 e. The summed E-state index contributed by atoms with van der Waals surface area (Å²) < 4.78 is 44.2. The molecule has 0 unspecified atom stereocenters. The topological polar surface area (TPSA) is 82.2 Å². The highest BCUT2D eigenvalue weighted by atomic mass is 19.4. The van der Waals surface area contributed by atoms with Crippen molar-refractivity contribution >= 4 is 23.3 Å². The van der Waals surface area contributed by atoms with Gasteiger partial charge in [0.1, 0.15) is 0 Å². The van der Waals surface area contributed by atoms with Gasteiger partial charge in [-0.2, -0.15) is 13.2 Å². The molecule has 3 saturated heterocycles. The van der Waals surface area contributed by atoms with Gasteiger partial charge in [-0.3, -0.25) is 14.4 Å². The summed E-state index contributed by atoms with van der Waals surface area (Å²) in [4.78, 5) is 44.4. The summed E-state index contributed by atoms with van der Waals surface area (Å²) in [6.07, 6.45) is -0.132. The first-order chi connectivity index (χ1) is 20.7. The summed E-state index contributed by atoms with van der Waals surface area (Å²) in [7, 11) is 0. The van der Waals surface area contributed by atoms with E-state index in [9.17, 15) is 27.6 Å². The number of amides is 2. The third-order valence-electron chi connectivity index (χ3n) is 8.72. The number of hydrogen-bond donors (Lipinski definition) is 1. The summed E-state index contributed by atoms with van der Waals surface area (Å²) in [5, 5.41) is 2.48. The quantitative estimate of drug-likeness (QED) is 0.488. The number of morpholine rings is 1. The predicted molar refractivity (Wildman–Crippen MR) is 156 cm³/mol. The van der Waals surface area contributed by atoms with Crippen molar-refractivity contribution in [1.82, 2.24) is 15.1 Å². The maximum atomic E-state index is 12.9. The number of hydrogen-bond acceptors (Lipinski definition) is 6. The van der Waals surface area contributed by atoms with Gasteiger partial charge in [-0.15, -0.1) is 0 Å². The van der Waals surface area contributed by atoms with Gasteiger partial charge in [-0.1, -0.05) is 6.07 Å². The Morgan fingerprint density at radius 1 is 0.884 bits per heavy atom. The second kappa shape index (κ2) is 13.9. The first kappa shape index (κ1) is 31.0. The van der Waals surface area contributed by atoms with Crippen LogP contribution in [0.2, 0.25) is 0 Å². The first-order valence-corrected chi connectivity index (χ1v) is 15.1. The number of rotatable bonds is 8. The highest BCUT2D eigenvalue weighted by Crippen LogP contribution is 2.30. The molecule has 3 aliphatic heterocycles. The number of ether oxygens (including phenoxy) is 1. The number of likely N-dealkylation sites (tertiary alicyclic amines) is 1. The average Bonchev–Trinajstić information content (AvgIpc) is 3.34. The lowest BCUT2D eigenvalue weighted by Gasteiger charge is -2.28. The SMILES string of the molecule is O=C(CNC(=O)c1cccc(C(F)(F)F)c1)C[C@@H]1CCN([C@@H]2CCCN(c3ccc(C(=O)N4CCOCC4)cc3)CC2)C1. The Morgan fingerprint density at radius 3 is 2.40 bits per heavy atom. The van der Waals surface area contributed by atoms with Crippen LogP contribution in [0.15, 0.2) is 48.5 Å². The van der Waals surface area contributed by atoms with Crippen LogP contribution in [0.25, 0.3) is 0 Å². The largest absolute Gasteiger partial charge is 0.416 e. The van der Waals surface area contributed by atoms with Gasteiger partial charge in [0.15, 0.2) is 5.78 Å². The number of alkyl halides is 3. The molecule has 11 heteroatoms. The number of carbonyl (C=O) groups is 3. The number of Topliss-reactive ketones (excluding diaryl/α,β-unsaturated/α-hetero) is 1. The monoisotopic (exact) mass is 600 g/mol. The van der Waals surface area contributed by atoms with Gasteiger partial charge in [-0.25, -0.2) is 0 Å². The number of ketones is 1.